The van der Waals surface area contributed by atoms with Gasteiger partial charge in [0.05, 0.1) is 7.11 Å². The fourth-order valence-electron chi connectivity index (χ4n) is 2.24. The maximum absolute atomic E-state index is 10.3. The van der Waals surface area contributed by atoms with Crippen LogP contribution in [0, 0.1) is 0 Å². The smallest absolute Gasteiger partial charge is 0.126 e. The Hall–Kier alpha value is -2.19. The minimum absolute atomic E-state index is 0.237. The van der Waals surface area contributed by atoms with Crippen molar-refractivity contribution < 1.29 is 9.84 Å². The predicted octanol–water partition coefficient (Wildman–Crippen LogP) is 5.73. The first kappa shape index (κ1) is 17.2. The molecule has 0 radical (unpaired) electrons. The highest BCUT2D eigenvalue weighted by molar-refractivity contribution is 6.32. The molecule has 0 atom stereocenters. The molecule has 0 saturated heterocycles. The summed E-state index contributed by atoms with van der Waals surface area (Å²) in [5.41, 5.74) is 3.79. The van der Waals surface area contributed by atoms with E-state index in [9.17, 15) is 5.11 Å². The molecule has 2 nitrogen and oxygen atoms in total. The summed E-state index contributed by atoms with van der Waals surface area (Å²) in [5.74, 6) is 0.918. The van der Waals surface area contributed by atoms with Crippen LogP contribution in [0.3, 0.4) is 0 Å². The summed E-state index contributed by atoms with van der Waals surface area (Å²) in [6.45, 7) is 4.06. The summed E-state index contributed by atoms with van der Waals surface area (Å²) in [5, 5.41) is 11.0. The largest absolute Gasteiger partial charge is 0.507 e. The Labute approximate surface area is 142 Å². The summed E-state index contributed by atoms with van der Waals surface area (Å²) in [7, 11) is 1.61. The Balaban J connectivity index is 2.33. The Kier molecular flexibility index (Phi) is 5.89. The quantitative estimate of drug-likeness (QED) is 0.560. The van der Waals surface area contributed by atoms with Gasteiger partial charge in [0.1, 0.15) is 11.5 Å². The third-order valence-corrected chi connectivity index (χ3v) is 3.85. The lowest BCUT2D eigenvalue weighted by atomic mass is 10.0. The number of ether oxygens (including phenoxy) is 1. The van der Waals surface area contributed by atoms with Crippen LogP contribution in [0.4, 0.5) is 0 Å². The van der Waals surface area contributed by atoms with E-state index in [0.29, 0.717) is 17.2 Å². The molecule has 0 aliphatic heterocycles. The van der Waals surface area contributed by atoms with Crippen LogP contribution < -0.4 is 4.74 Å². The molecule has 3 heteroatoms. The van der Waals surface area contributed by atoms with E-state index in [2.05, 4.69) is 6.08 Å². The van der Waals surface area contributed by atoms with Crippen LogP contribution in [0.5, 0.6) is 11.5 Å². The van der Waals surface area contributed by atoms with Crippen molar-refractivity contribution in [2.75, 3.05) is 7.11 Å². The van der Waals surface area contributed by atoms with Gasteiger partial charge in [-0.15, -0.1) is 0 Å². The van der Waals surface area contributed by atoms with Gasteiger partial charge in [-0.05, 0) is 49.6 Å². The highest BCUT2D eigenvalue weighted by Gasteiger charge is 2.09. The number of rotatable bonds is 5. The second-order valence-electron chi connectivity index (χ2n) is 5.56. The van der Waals surface area contributed by atoms with E-state index in [4.69, 9.17) is 16.3 Å². The second kappa shape index (κ2) is 7.89. The molecule has 0 aromatic heterocycles. The van der Waals surface area contributed by atoms with Crippen molar-refractivity contribution >= 4 is 23.8 Å². The van der Waals surface area contributed by atoms with Gasteiger partial charge >= 0.3 is 0 Å². The second-order valence-corrected chi connectivity index (χ2v) is 5.97. The van der Waals surface area contributed by atoms with E-state index in [1.54, 1.807) is 13.2 Å². The van der Waals surface area contributed by atoms with Crippen molar-refractivity contribution in [1.82, 2.24) is 0 Å². The van der Waals surface area contributed by atoms with Crippen molar-refractivity contribution in [3.05, 3.63) is 69.8 Å². The molecule has 2 aromatic carbocycles. The van der Waals surface area contributed by atoms with Crippen molar-refractivity contribution in [1.29, 1.82) is 0 Å². The van der Waals surface area contributed by atoms with Crippen LogP contribution in [0.2, 0.25) is 5.02 Å². The van der Waals surface area contributed by atoms with Gasteiger partial charge in [0.25, 0.3) is 0 Å². The van der Waals surface area contributed by atoms with E-state index < -0.39 is 0 Å². The fraction of sp³-hybridized carbons (Fsp3) is 0.200. The SMILES string of the molecule is COc1cc(C=Cc2ccccc2Cl)cc(O)c1CC=C(C)C. The van der Waals surface area contributed by atoms with Crippen LogP contribution in [0.25, 0.3) is 12.2 Å². The lowest BCUT2D eigenvalue weighted by Crippen LogP contribution is -1.93. The minimum Gasteiger partial charge on any atom is -0.507 e. The molecule has 2 rings (SSSR count). The van der Waals surface area contributed by atoms with Crippen LogP contribution in [-0.4, -0.2) is 12.2 Å². The molecule has 0 aliphatic rings. The van der Waals surface area contributed by atoms with Crippen LogP contribution in [-0.2, 0) is 6.42 Å². The molecule has 0 unspecified atom stereocenters. The van der Waals surface area contributed by atoms with E-state index in [-0.39, 0.29) is 5.75 Å². The van der Waals surface area contributed by atoms with Gasteiger partial charge in [0.2, 0.25) is 0 Å². The number of benzene rings is 2. The number of methoxy groups -OCH3 is 1. The van der Waals surface area contributed by atoms with Gasteiger partial charge in [0.15, 0.2) is 0 Å². The Bertz CT molecular complexity index is 741. The average Bonchev–Trinajstić information content (AvgIpc) is 2.52. The van der Waals surface area contributed by atoms with Gasteiger partial charge in [-0.25, -0.2) is 0 Å². The van der Waals surface area contributed by atoms with E-state index in [1.165, 1.54) is 5.57 Å². The maximum atomic E-state index is 10.3. The van der Waals surface area contributed by atoms with Crippen LogP contribution >= 0.6 is 11.6 Å². The van der Waals surface area contributed by atoms with Crippen LogP contribution in [0.1, 0.15) is 30.5 Å². The van der Waals surface area contributed by atoms with E-state index >= 15 is 0 Å². The lowest BCUT2D eigenvalue weighted by molar-refractivity contribution is 0.401. The molecule has 0 heterocycles. The minimum atomic E-state index is 0.237. The van der Waals surface area contributed by atoms with Gasteiger partial charge in [-0.2, -0.15) is 0 Å². The number of phenols is 1. The standard InChI is InChI=1S/C20H21ClO2/c1-14(2)8-11-17-19(22)12-15(13-20(17)23-3)9-10-16-6-4-5-7-18(16)21/h4-10,12-13,22H,11H2,1-3H3. The monoisotopic (exact) mass is 328 g/mol. The Morgan fingerprint density at radius 3 is 2.57 bits per heavy atom. The molecular formula is C20H21ClO2. The summed E-state index contributed by atoms with van der Waals surface area (Å²) in [6.07, 6.45) is 6.54. The number of hydrogen-bond donors (Lipinski definition) is 1. The molecule has 0 saturated carbocycles. The number of allylic oxidation sites excluding steroid dienone is 2. The van der Waals surface area contributed by atoms with Crippen LogP contribution in [0.15, 0.2) is 48.0 Å². The van der Waals surface area contributed by atoms with Gasteiger partial charge in [-0.3, -0.25) is 0 Å². The highest BCUT2D eigenvalue weighted by atomic mass is 35.5. The molecule has 2 aromatic rings. The molecule has 120 valence electrons. The van der Waals surface area contributed by atoms with Crippen molar-refractivity contribution in [2.24, 2.45) is 0 Å². The van der Waals surface area contributed by atoms with Crippen molar-refractivity contribution in [3.8, 4) is 11.5 Å². The van der Waals surface area contributed by atoms with E-state index in [1.807, 2.05) is 56.3 Å². The molecule has 0 fully saturated rings. The first-order valence-electron chi connectivity index (χ1n) is 7.47. The van der Waals surface area contributed by atoms with Gasteiger partial charge in [-0.1, -0.05) is 53.6 Å². The molecule has 0 amide bonds. The molecule has 1 N–H and O–H groups in total. The zero-order chi connectivity index (χ0) is 16.8. The molecule has 0 spiro atoms. The number of phenolic OH excluding ortho intramolecular Hbond substituents is 1. The van der Waals surface area contributed by atoms with Gasteiger partial charge in [0, 0.05) is 10.6 Å². The summed E-state index contributed by atoms with van der Waals surface area (Å²) >= 11 is 6.14. The predicted molar refractivity (Wildman–Crippen MR) is 98.2 cm³/mol. The molecule has 0 bridgehead atoms. The highest BCUT2D eigenvalue weighted by Crippen LogP contribution is 2.31. The Morgan fingerprint density at radius 1 is 1.17 bits per heavy atom. The number of halogens is 1. The zero-order valence-electron chi connectivity index (χ0n) is 13.6. The fourth-order valence-corrected chi connectivity index (χ4v) is 2.44. The Morgan fingerprint density at radius 2 is 1.91 bits per heavy atom. The third-order valence-electron chi connectivity index (χ3n) is 3.50. The zero-order valence-corrected chi connectivity index (χ0v) is 14.4. The summed E-state index contributed by atoms with van der Waals surface area (Å²) in [4.78, 5) is 0. The molecule has 23 heavy (non-hydrogen) atoms. The first-order valence-corrected chi connectivity index (χ1v) is 7.85. The number of aromatic hydroxyl groups is 1. The summed E-state index contributed by atoms with van der Waals surface area (Å²) in [6, 6.07) is 11.3. The number of hydrogen-bond acceptors (Lipinski definition) is 2. The topological polar surface area (TPSA) is 29.5 Å². The van der Waals surface area contributed by atoms with Gasteiger partial charge < -0.3 is 9.84 Å². The molecule has 0 aliphatic carbocycles. The average molecular weight is 329 g/mol. The first-order chi connectivity index (χ1) is 11.0. The maximum Gasteiger partial charge on any atom is 0.126 e. The lowest BCUT2D eigenvalue weighted by Gasteiger charge is -2.11. The third kappa shape index (κ3) is 4.64. The summed E-state index contributed by atoms with van der Waals surface area (Å²) < 4.78 is 5.43. The van der Waals surface area contributed by atoms with Crippen molar-refractivity contribution in [2.45, 2.75) is 20.3 Å². The molecular weight excluding hydrogens is 308 g/mol. The normalized spacial score (nSPS) is 10.8. The van der Waals surface area contributed by atoms with E-state index in [0.717, 1.165) is 16.7 Å². The van der Waals surface area contributed by atoms with Crippen molar-refractivity contribution in [3.63, 3.8) is 0 Å².